The summed E-state index contributed by atoms with van der Waals surface area (Å²) in [4.78, 5) is 40.6. The van der Waals surface area contributed by atoms with Crippen molar-refractivity contribution >= 4 is 61.3 Å². The molecule has 1 saturated heterocycles. The lowest BCUT2D eigenvalue weighted by Crippen LogP contribution is -2.46. The summed E-state index contributed by atoms with van der Waals surface area (Å²) in [6.45, 7) is -0.219. The van der Waals surface area contributed by atoms with E-state index in [-0.39, 0.29) is 47.3 Å². The van der Waals surface area contributed by atoms with E-state index in [0.717, 1.165) is 18.6 Å². The lowest BCUT2D eigenvalue weighted by molar-refractivity contribution is -0.138. The van der Waals surface area contributed by atoms with Crippen molar-refractivity contribution in [3.63, 3.8) is 0 Å². The predicted octanol–water partition coefficient (Wildman–Crippen LogP) is 3.23. The number of halogens is 3. The summed E-state index contributed by atoms with van der Waals surface area (Å²) < 4.78 is 30.3. The highest BCUT2D eigenvalue weighted by molar-refractivity contribution is 9.10. The van der Waals surface area contributed by atoms with Crippen molar-refractivity contribution in [3.05, 3.63) is 52.9 Å². The summed E-state index contributed by atoms with van der Waals surface area (Å²) in [7, 11) is 0. The first-order valence-corrected chi connectivity index (χ1v) is 11.7. The van der Waals surface area contributed by atoms with Crippen molar-refractivity contribution in [1.82, 2.24) is 24.4 Å². The van der Waals surface area contributed by atoms with Crippen molar-refractivity contribution < 1.29 is 18.4 Å². The molecule has 35 heavy (non-hydrogen) atoms. The number of aromatic nitrogens is 4. The summed E-state index contributed by atoms with van der Waals surface area (Å²) in [6.07, 6.45) is 2.61. The zero-order valence-electron chi connectivity index (χ0n) is 18.1. The number of anilines is 2. The van der Waals surface area contributed by atoms with Gasteiger partial charge in [-0.1, -0.05) is 6.07 Å². The maximum atomic E-state index is 14.2. The fraction of sp³-hybridized carbons (Fsp3) is 0.261. The Morgan fingerprint density at radius 3 is 2.77 bits per heavy atom. The highest BCUT2D eigenvalue weighted by Gasteiger charge is 2.56. The van der Waals surface area contributed by atoms with E-state index in [4.69, 9.17) is 5.73 Å². The Kier molecular flexibility index (Phi) is 4.95. The zero-order chi connectivity index (χ0) is 24.4. The normalized spacial score (nSPS) is 20.9. The molecule has 2 fully saturated rings. The second kappa shape index (κ2) is 7.94. The van der Waals surface area contributed by atoms with Gasteiger partial charge < -0.3 is 20.5 Å². The fourth-order valence-corrected chi connectivity index (χ4v) is 5.38. The van der Waals surface area contributed by atoms with Crippen LogP contribution < -0.4 is 11.1 Å². The molecule has 0 bridgehead atoms. The number of rotatable bonds is 4. The molecular formula is C23H18BrF2N7O2. The molecule has 4 heterocycles. The molecule has 1 aliphatic heterocycles. The van der Waals surface area contributed by atoms with Gasteiger partial charge in [0.05, 0.1) is 10.9 Å². The smallest absolute Gasteiger partial charge is 0.248 e. The van der Waals surface area contributed by atoms with Gasteiger partial charge in [-0.3, -0.25) is 9.59 Å². The van der Waals surface area contributed by atoms with Gasteiger partial charge in [0.25, 0.3) is 0 Å². The summed E-state index contributed by atoms with van der Waals surface area (Å²) in [5.41, 5.74) is 6.57. The van der Waals surface area contributed by atoms with Gasteiger partial charge in [-0.05, 0) is 52.9 Å². The molecule has 2 aliphatic rings. The Morgan fingerprint density at radius 2 is 1.97 bits per heavy atom. The van der Waals surface area contributed by atoms with Gasteiger partial charge in [0.15, 0.2) is 11.6 Å². The van der Waals surface area contributed by atoms with E-state index in [1.165, 1.54) is 10.9 Å². The Hall–Kier alpha value is -3.67. The van der Waals surface area contributed by atoms with E-state index < -0.39 is 17.7 Å². The summed E-state index contributed by atoms with van der Waals surface area (Å²) in [5, 5.41) is 3.43. The summed E-state index contributed by atoms with van der Waals surface area (Å²) in [6, 6.07) is 6.52. The molecular weight excluding hydrogens is 524 g/mol. The first kappa shape index (κ1) is 21.8. The monoisotopic (exact) mass is 541 g/mol. The molecule has 3 aromatic heterocycles. The van der Waals surface area contributed by atoms with Crippen LogP contribution in [-0.2, 0) is 16.1 Å². The highest BCUT2D eigenvalue weighted by Crippen LogP contribution is 2.48. The van der Waals surface area contributed by atoms with Gasteiger partial charge in [0.1, 0.15) is 40.8 Å². The number of likely N-dealkylation sites (tertiary alicyclic amines) is 1. The third kappa shape index (κ3) is 3.59. The molecule has 6 rings (SSSR count). The molecule has 3 N–H and O–H groups in total. The number of pyridine rings is 1. The number of amides is 2. The summed E-state index contributed by atoms with van der Waals surface area (Å²) in [5.74, 6) is -2.00. The number of nitrogens with two attached hydrogens (primary N) is 1. The number of hydrogen-bond donors (Lipinski definition) is 2. The van der Waals surface area contributed by atoms with Crippen LogP contribution in [0.2, 0.25) is 0 Å². The first-order valence-electron chi connectivity index (χ1n) is 10.9. The molecule has 0 radical (unpaired) electrons. The number of carbonyl (C=O) groups is 2. The fourth-order valence-electron chi connectivity index (χ4n) is 5.04. The number of nitrogens with zero attached hydrogens (tertiary/aromatic N) is 5. The molecule has 4 aromatic rings. The third-order valence-corrected chi connectivity index (χ3v) is 7.11. The molecule has 2 amide bonds. The predicted molar refractivity (Wildman–Crippen MR) is 127 cm³/mol. The lowest BCUT2D eigenvalue weighted by Gasteiger charge is -2.27. The summed E-state index contributed by atoms with van der Waals surface area (Å²) >= 11 is 3.28. The quantitative estimate of drug-likeness (QED) is 0.383. The van der Waals surface area contributed by atoms with Gasteiger partial charge in [0.2, 0.25) is 11.8 Å². The Balaban J connectivity index is 1.34. The number of hydrogen-bond acceptors (Lipinski definition) is 6. The Labute approximate surface area is 205 Å². The largest absolute Gasteiger partial charge is 0.383 e. The molecule has 1 aromatic carbocycles. The minimum absolute atomic E-state index is 0.0318. The molecule has 1 saturated carbocycles. The van der Waals surface area contributed by atoms with Gasteiger partial charge in [-0.2, -0.15) is 0 Å². The number of benzene rings is 1. The van der Waals surface area contributed by atoms with Crippen molar-refractivity contribution in [2.75, 3.05) is 11.1 Å². The highest BCUT2D eigenvalue weighted by atomic mass is 79.9. The van der Waals surface area contributed by atoms with Crippen molar-refractivity contribution in [3.8, 4) is 0 Å². The molecule has 3 atom stereocenters. The number of nitrogens with one attached hydrogen (secondary N) is 1. The van der Waals surface area contributed by atoms with Crippen LogP contribution in [0.15, 0.2) is 41.3 Å². The molecule has 178 valence electrons. The van der Waals surface area contributed by atoms with E-state index in [2.05, 4.69) is 36.2 Å². The molecule has 0 spiro atoms. The average Bonchev–Trinajstić information content (AvgIpc) is 3.37. The molecule has 9 nitrogen and oxygen atoms in total. The van der Waals surface area contributed by atoms with Crippen LogP contribution >= 0.6 is 15.9 Å². The molecule has 0 unspecified atom stereocenters. The Morgan fingerprint density at radius 1 is 1.17 bits per heavy atom. The minimum Gasteiger partial charge on any atom is -0.383 e. The van der Waals surface area contributed by atoms with Gasteiger partial charge >= 0.3 is 0 Å². The molecule has 1 aliphatic carbocycles. The van der Waals surface area contributed by atoms with E-state index in [0.29, 0.717) is 27.6 Å². The third-order valence-electron chi connectivity index (χ3n) is 6.67. The van der Waals surface area contributed by atoms with Crippen LogP contribution in [-0.4, -0.2) is 48.3 Å². The number of fused-ring (bicyclic) bond motifs is 4. The standard InChI is InChI=1S/C23H18BrF2N7O2/c24-17-2-1-3-18(30-17)31-23(35)16-5-10-4-14(10)33(16)19(34)8-32-15-7-13(26)12(25)6-11(15)20-21(27)28-9-29-22(20)32/h1-3,6-7,9-10,14,16H,4-5,8H2,(H2,27,28,29)(H,30,31,35)/t10-,14-,16+/m1/s1. The second-order valence-electron chi connectivity index (χ2n) is 8.78. The SMILES string of the molecule is Nc1ncnc2c1c1cc(F)c(F)cc1n2CC(=O)N1[C@@H]2C[C@@H]2C[C@H]1C(=O)Nc1cccc(Br)n1. The van der Waals surface area contributed by atoms with Crippen LogP contribution in [0.4, 0.5) is 20.4 Å². The van der Waals surface area contributed by atoms with Gasteiger partial charge in [0, 0.05) is 17.5 Å². The van der Waals surface area contributed by atoms with E-state index in [1.807, 2.05) is 0 Å². The number of piperidine rings is 1. The maximum Gasteiger partial charge on any atom is 0.248 e. The Bertz CT molecular complexity index is 1540. The van der Waals surface area contributed by atoms with Crippen molar-refractivity contribution in [1.29, 1.82) is 0 Å². The minimum atomic E-state index is -1.05. The second-order valence-corrected chi connectivity index (χ2v) is 9.59. The van der Waals surface area contributed by atoms with Crippen LogP contribution in [0.5, 0.6) is 0 Å². The van der Waals surface area contributed by atoms with Crippen LogP contribution in [0.1, 0.15) is 12.8 Å². The number of carbonyl (C=O) groups excluding carboxylic acids is 2. The number of nitrogen functional groups attached to an aromatic ring is 1. The van der Waals surface area contributed by atoms with Crippen LogP contribution in [0.3, 0.4) is 0 Å². The van der Waals surface area contributed by atoms with Gasteiger partial charge in [-0.15, -0.1) is 0 Å². The first-order chi connectivity index (χ1) is 16.8. The van der Waals surface area contributed by atoms with E-state index >= 15 is 0 Å². The van der Waals surface area contributed by atoms with Crippen LogP contribution in [0.25, 0.3) is 21.9 Å². The van der Waals surface area contributed by atoms with Crippen molar-refractivity contribution in [2.45, 2.75) is 31.5 Å². The molecule has 12 heteroatoms. The van der Waals surface area contributed by atoms with Crippen LogP contribution in [0, 0.1) is 17.6 Å². The van der Waals surface area contributed by atoms with Crippen molar-refractivity contribution in [2.24, 2.45) is 5.92 Å². The zero-order valence-corrected chi connectivity index (χ0v) is 19.7. The van der Waals surface area contributed by atoms with E-state index in [9.17, 15) is 18.4 Å². The average molecular weight is 542 g/mol. The maximum absolute atomic E-state index is 14.2. The van der Waals surface area contributed by atoms with E-state index in [1.54, 1.807) is 23.1 Å². The topological polar surface area (TPSA) is 119 Å². The van der Waals surface area contributed by atoms with Gasteiger partial charge in [-0.25, -0.2) is 23.7 Å². The lowest BCUT2D eigenvalue weighted by atomic mass is 10.1.